The molecule has 0 spiro atoms. The van der Waals surface area contributed by atoms with Crippen LogP contribution in [0.2, 0.25) is 0 Å². The van der Waals surface area contributed by atoms with E-state index in [1.807, 2.05) is 24.3 Å². The number of aromatic nitrogens is 1. The molecule has 0 aliphatic carbocycles. The Hall–Kier alpha value is -2.55. The average Bonchev–Trinajstić information content (AvgIpc) is 2.55. The van der Waals surface area contributed by atoms with Crippen molar-refractivity contribution in [2.75, 3.05) is 16.8 Å². The lowest BCUT2D eigenvalue weighted by atomic mass is 10.2. The summed E-state index contributed by atoms with van der Waals surface area (Å²) in [7, 11) is 0. The molecule has 2 aromatic rings. The summed E-state index contributed by atoms with van der Waals surface area (Å²) in [5, 5.41) is 21.0. The summed E-state index contributed by atoms with van der Waals surface area (Å²) in [4.78, 5) is 16.0. The maximum atomic E-state index is 11.9. The Morgan fingerprint density at radius 1 is 1.26 bits per heavy atom. The van der Waals surface area contributed by atoms with E-state index in [1.54, 1.807) is 12.1 Å². The third-order valence-corrected chi connectivity index (χ3v) is 4.25. The lowest BCUT2D eigenvalue weighted by Crippen LogP contribution is -2.14. The van der Waals surface area contributed by atoms with E-state index >= 15 is 0 Å². The van der Waals surface area contributed by atoms with Crippen molar-refractivity contribution in [1.29, 1.82) is 10.5 Å². The first-order chi connectivity index (χ1) is 11.0. The molecule has 3 N–H and O–H groups in total. The maximum Gasteiger partial charge on any atom is 0.234 e. The fourth-order valence-corrected chi connectivity index (χ4v) is 2.68. The number of rotatable bonds is 4. The van der Waals surface area contributed by atoms with E-state index in [9.17, 15) is 4.79 Å². The van der Waals surface area contributed by atoms with Gasteiger partial charge in [-0.1, -0.05) is 27.7 Å². The van der Waals surface area contributed by atoms with Crippen LogP contribution in [0.3, 0.4) is 0 Å². The predicted octanol–water partition coefficient (Wildman–Crippen LogP) is 2.90. The van der Waals surface area contributed by atoms with Gasteiger partial charge in [-0.25, -0.2) is 4.98 Å². The number of hydrogen-bond acceptors (Lipinski definition) is 6. The van der Waals surface area contributed by atoms with E-state index in [1.165, 1.54) is 6.07 Å². The molecule has 2 rings (SSSR count). The number of nitrogens with one attached hydrogen (secondary N) is 1. The molecular weight excluding hydrogens is 378 g/mol. The Kier molecular flexibility index (Phi) is 5.58. The zero-order chi connectivity index (χ0) is 16.8. The molecule has 1 aromatic heterocycles. The number of benzene rings is 1. The molecule has 1 heterocycles. The molecule has 114 valence electrons. The number of carbonyl (C=O) groups excluding carboxylic acids is 1. The van der Waals surface area contributed by atoms with E-state index in [-0.39, 0.29) is 28.6 Å². The molecule has 1 amide bonds. The van der Waals surface area contributed by atoms with Gasteiger partial charge >= 0.3 is 0 Å². The van der Waals surface area contributed by atoms with Crippen LogP contribution < -0.4 is 11.1 Å². The van der Waals surface area contributed by atoms with Crippen LogP contribution in [-0.2, 0) is 4.79 Å². The number of nitriles is 2. The third-order valence-electron chi connectivity index (χ3n) is 2.73. The van der Waals surface area contributed by atoms with Gasteiger partial charge in [0.25, 0.3) is 0 Å². The van der Waals surface area contributed by atoms with Crippen LogP contribution in [0.4, 0.5) is 11.5 Å². The van der Waals surface area contributed by atoms with Gasteiger partial charge < -0.3 is 11.1 Å². The van der Waals surface area contributed by atoms with Crippen molar-refractivity contribution in [3.8, 4) is 12.1 Å². The second-order valence-electron chi connectivity index (χ2n) is 4.34. The first kappa shape index (κ1) is 16.8. The van der Waals surface area contributed by atoms with Crippen LogP contribution in [0.5, 0.6) is 0 Å². The molecule has 0 unspecified atom stereocenters. The van der Waals surface area contributed by atoms with E-state index in [2.05, 4.69) is 26.2 Å². The van der Waals surface area contributed by atoms with Crippen LogP contribution in [0.1, 0.15) is 11.1 Å². The number of halogens is 1. The molecule has 0 radical (unpaired) electrons. The van der Waals surface area contributed by atoms with Gasteiger partial charge in [-0.3, -0.25) is 4.79 Å². The largest absolute Gasteiger partial charge is 0.383 e. The second-order valence-corrected chi connectivity index (χ2v) is 6.22. The second kappa shape index (κ2) is 7.63. The predicted molar refractivity (Wildman–Crippen MR) is 91.6 cm³/mol. The summed E-state index contributed by atoms with van der Waals surface area (Å²) in [6, 6.07) is 12.4. The Morgan fingerprint density at radius 3 is 2.52 bits per heavy atom. The van der Waals surface area contributed by atoms with Gasteiger partial charge in [0.15, 0.2) is 0 Å². The molecule has 6 nitrogen and oxygen atoms in total. The summed E-state index contributed by atoms with van der Waals surface area (Å²) < 4.78 is 0.917. The molecule has 23 heavy (non-hydrogen) atoms. The van der Waals surface area contributed by atoms with Gasteiger partial charge in [-0.05, 0) is 30.3 Å². The summed E-state index contributed by atoms with van der Waals surface area (Å²) in [5.74, 6) is -0.114. The van der Waals surface area contributed by atoms with E-state index in [4.69, 9.17) is 16.3 Å². The van der Waals surface area contributed by atoms with E-state index in [0.29, 0.717) is 10.7 Å². The van der Waals surface area contributed by atoms with Crippen LogP contribution in [0.25, 0.3) is 0 Å². The highest BCUT2D eigenvalue weighted by Crippen LogP contribution is 2.24. The molecule has 0 saturated carbocycles. The smallest absolute Gasteiger partial charge is 0.234 e. The fraction of sp³-hybridized carbons (Fsp3) is 0.0667. The number of pyridine rings is 1. The molecule has 0 aliphatic rings. The molecular formula is C15H10BrN5OS. The van der Waals surface area contributed by atoms with Crippen LogP contribution in [0, 0.1) is 22.7 Å². The van der Waals surface area contributed by atoms with Gasteiger partial charge in [-0.15, -0.1) is 0 Å². The summed E-state index contributed by atoms with van der Waals surface area (Å²) >= 11 is 4.41. The minimum absolute atomic E-state index is 0.0438. The Labute approximate surface area is 145 Å². The van der Waals surface area contributed by atoms with E-state index < -0.39 is 0 Å². The van der Waals surface area contributed by atoms with E-state index in [0.717, 1.165) is 16.2 Å². The topological polar surface area (TPSA) is 116 Å². The quantitative estimate of drug-likeness (QED) is 0.779. The number of hydrogen-bond donors (Lipinski definition) is 2. The lowest BCUT2D eigenvalue weighted by molar-refractivity contribution is -0.113. The van der Waals surface area contributed by atoms with Crippen molar-refractivity contribution in [1.82, 2.24) is 4.98 Å². The van der Waals surface area contributed by atoms with Crippen molar-refractivity contribution in [2.24, 2.45) is 0 Å². The van der Waals surface area contributed by atoms with Gasteiger partial charge in [0.05, 0.1) is 16.9 Å². The lowest BCUT2D eigenvalue weighted by Gasteiger charge is -2.07. The Morgan fingerprint density at radius 2 is 1.91 bits per heavy atom. The number of carbonyl (C=O) groups is 1. The van der Waals surface area contributed by atoms with Crippen molar-refractivity contribution in [2.45, 2.75) is 5.03 Å². The van der Waals surface area contributed by atoms with Crippen LogP contribution in [0.15, 0.2) is 39.8 Å². The Balaban J connectivity index is 2.04. The third kappa shape index (κ3) is 4.46. The monoisotopic (exact) mass is 387 g/mol. The highest BCUT2D eigenvalue weighted by Gasteiger charge is 2.12. The number of amides is 1. The van der Waals surface area contributed by atoms with Gasteiger partial charge in [0.1, 0.15) is 23.0 Å². The highest BCUT2D eigenvalue weighted by molar-refractivity contribution is 9.10. The van der Waals surface area contributed by atoms with Crippen LogP contribution in [-0.4, -0.2) is 16.6 Å². The molecule has 0 atom stereocenters. The van der Waals surface area contributed by atoms with Gasteiger partial charge in [-0.2, -0.15) is 10.5 Å². The molecule has 0 saturated heterocycles. The standard InChI is InChI=1S/C15H10BrN5OS/c16-11-1-3-12(4-2-11)20-13(22)8-23-15-10(7-18)5-9(6-17)14(19)21-15/h1-5H,8H2,(H2,19,21)(H,20,22). The molecule has 0 aliphatic heterocycles. The zero-order valence-electron chi connectivity index (χ0n) is 11.7. The molecule has 8 heteroatoms. The number of nitrogen functional groups attached to an aromatic ring is 1. The molecule has 0 bridgehead atoms. The number of nitrogens with two attached hydrogens (primary N) is 1. The maximum absolute atomic E-state index is 11.9. The van der Waals surface area contributed by atoms with Crippen molar-refractivity contribution < 1.29 is 4.79 Å². The minimum Gasteiger partial charge on any atom is -0.383 e. The van der Waals surface area contributed by atoms with Crippen molar-refractivity contribution >= 4 is 45.1 Å². The summed E-state index contributed by atoms with van der Waals surface area (Å²) in [5.41, 5.74) is 6.67. The normalized spacial score (nSPS) is 9.70. The van der Waals surface area contributed by atoms with Crippen molar-refractivity contribution in [3.63, 3.8) is 0 Å². The average molecular weight is 388 g/mol. The number of anilines is 2. The number of nitrogens with zero attached hydrogens (tertiary/aromatic N) is 3. The molecule has 0 fully saturated rings. The molecule has 1 aromatic carbocycles. The first-order valence-electron chi connectivity index (χ1n) is 6.32. The Bertz CT molecular complexity index is 823. The summed E-state index contributed by atoms with van der Waals surface area (Å²) in [6.45, 7) is 0. The fourth-order valence-electron chi connectivity index (χ4n) is 1.65. The SMILES string of the molecule is N#Cc1cc(C#N)c(SCC(=O)Nc2ccc(Br)cc2)nc1N. The van der Waals surface area contributed by atoms with Gasteiger partial charge in [0.2, 0.25) is 5.91 Å². The minimum atomic E-state index is -0.231. The zero-order valence-corrected chi connectivity index (χ0v) is 14.1. The van der Waals surface area contributed by atoms with Gasteiger partial charge in [0, 0.05) is 10.2 Å². The highest BCUT2D eigenvalue weighted by atomic mass is 79.9. The number of thioether (sulfide) groups is 1. The first-order valence-corrected chi connectivity index (χ1v) is 8.10. The van der Waals surface area contributed by atoms with Crippen LogP contribution >= 0.6 is 27.7 Å². The summed E-state index contributed by atoms with van der Waals surface area (Å²) in [6.07, 6.45) is 0. The van der Waals surface area contributed by atoms with Crippen molar-refractivity contribution in [3.05, 3.63) is 45.9 Å².